The Morgan fingerprint density at radius 1 is 1.57 bits per heavy atom. The van der Waals surface area contributed by atoms with Crippen molar-refractivity contribution in [2.45, 2.75) is 12.0 Å². The van der Waals surface area contributed by atoms with Gasteiger partial charge >= 0.3 is 0 Å². The fourth-order valence-corrected chi connectivity index (χ4v) is 1.33. The molecule has 1 rings (SSSR count). The highest BCUT2D eigenvalue weighted by atomic mass is 16.5. The van der Waals surface area contributed by atoms with Crippen LogP contribution in [0.25, 0.3) is 0 Å². The Labute approximate surface area is 83.7 Å². The van der Waals surface area contributed by atoms with E-state index in [0.717, 1.165) is 5.69 Å². The number of methoxy groups -OCH3 is 1. The first-order valence-electron chi connectivity index (χ1n) is 4.56. The van der Waals surface area contributed by atoms with Gasteiger partial charge in [-0.1, -0.05) is 6.07 Å². The number of pyridine rings is 1. The molecule has 1 aromatic rings. The molecule has 78 valence electrons. The van der Waals surface area contributed by atoms with Gasteiger partial charge in [0.2, 0.25) is 0 Å². The molecule has 0 saturated carbocycles. The Kier molecular flexibility index (Phi) is 4.52. The summed E-state index contributed by atoms with van der Waals surface area (Å²) in [5, 5.41) is 8.98. The van der Waals surface area contributed by atoms with Crippen molar-refractivity contribution in [2.75, 3.05) is 20.3 Å². The summed E-state index contributed by atoms with van der Waals surface area (Å²) < 4.78 is 5.05. The fourth-order valence-electron chi connectivity index (χ4n) is 1.33. The molecule has 0 aromatic carbocycles. The molecule has 0 aliphatic heterocycles. The molecule has 14 heavy (non-hydrogen) atoms. The molecule has 4 heteroatoms. The number of rotatable bonds is 5. The van der Waals surface area contributed by atoms with Gasteiger partial charge in [-0.05, 0) is 12.1 Å². The maximum absolute atomic E-state index is 8.98. The highest BCUT2D eigenvalue weighted by Crippen LogP contribution is 2.16. The van der Waals surface area contributed by atoms with Gasteiger partial charge in [-0.15, -0.1) is 0 Å². The second kappa shape index (κ2) is 5.70. The molecule has 0 saturated heterocycles. The highest BCUT2D eigenvalue weighted by Gasteiger charge is 2.19. The van der Waals surface area contributed by atoms with Gasteiger partial charge in [-0.25, -0.2) is 0 Å². The monoisotopic (exact) mass is 196 g/mol. The minimum Gasteiger partial charge on any atom is -0.395 e. The zero-order valence-corrected chi connectivity index (χ0v) is 8.26. The maximum Gasteiger partial charge on any atom is 0.0590 e. The average molecular weight is 196 g/mol. The third-order valence-electron chi connectivity index (χ3n) is 2.14. The van der Waals surface area contributed by atoms with Crippen LogP contribution in [-0.2, 0) is 4.74 Å². The molecule has 0 fully saturated rings. The third kappa shape index (κ3) is 2.77. The number of ether oxygens (including phenoxy) is 1. The van der Waals surface area contributed by atoms with Gasteiger partial charge in [-0.2, -0.15) is 0 Å². The van der Waals surface area contributed by atoms with Crippen molar-refractivity contribution in [3.05, 3.63) is 30.1 Å². The minimum absolute atomic E-state index is 0.0498. The van der Waals surface area contributed by atoms with Gasteiger partial charge in [0, 0.05) is 31.0 Å². The minimum atomic E-state index is -0.329. The van der Waals surface area contributed by atoms with E-state index in [9.17, 15) is 0 Å². The van der Waals surface area contributed by atoms with Crippen molar-refractivity contribution < 1.29 is 9.84 Å². The second-order valence-electron chi connectivity index (χ2n) is 3.16. The van der Waals surface area contributed by atoms with Crippen LogP contribution in [-0.4, -0.2) is 36.5 Å². The van der Waals surface area contributed by atoms with Crippen LogP contribution < -0.4 is 5.73 Å². The van der Waals surface area contributed by atoms with E-state index in [0.29, 0.717) is 6.61 Å². The second-order valence-corrected chi connectivity index (χ2v) is 3.16. The molecule has 0 spiro atoms. The summed E-state index contributed by atoms with van der Waals surface area (Å²) in [6, 6.07) is 5.30. The Bertz CT molecular complexity index is 254. The van der Waals surface area contributed by atoms with Crippen molar-refractivity contribution in [3.8, 4) is 0 Å². The van der Waals surface area contributed by atoms with Gasteiger partial charge in [0.15, 0.2) is 0 Å². The van der Waals surface area contributed by atoms with E-state index < -0.39 is 0 Å². The first-order valence-corrected chi connectivity index (χ1v) is 4.56. The van der Waals surface area contributed by atoms with Crippen molar-refractivity contribution in [1.82, 2.24) is 4.98 Å². The third-order valence-corrected chi connectivity index (χ3v) is 2.14. The molecular formula is C10H16N2O2. The molecule has 0 aliphatic rings. The molecule has 0 aliphatic carbocycles. The number of hydrogen-bond acceptors (Lipinski definition) is 4. The zero-order chi connectivity index (χ0) is 10.4. The molecule has 1 heterocycles. The summed E-state index contributed by atoms with van der Waals surface area (Å²) in [5.74, 6) is -0.0498. The van der Waals surface area contributed by atoms with Crippen LogP contribution in [0.3, 0.4) is 0 Å². The Hall–Kier alpha value is -0.970. The zero-order valence-electron chi connectivity index (χ0n) is 8.26. The fraction of sp³-hybridized carbons (Fsp3) is 0.500. The first-order chi connectivity index (χ1) is 6.79. The largest absolute Gasteiger partial charge is 0.395 e. The first kappa shape index (κ1) is 11.1. The van der Waals surface area contributed by atoms with Crippen LogP contribution in [0, 0.1) is 0 Å². The molecule has 3 N–H and O–H groups in total. The normalized spacial score (nSPS) is 15.1. The van der Waals surface area contributed by atoms with Gasteiger partial charge in [-0.3, -0.25) is 4.98 Å². The van der Waals surface area contributed by atoms with Crippen LogP contribution in [0.1, 0.15) is 11.6 Å². The van der Waals surface area contributed by atoms with Gasteiger partial charge in [0.05, 0.1) is 13.2 Å². The lowest BCUT2D eigenvalue weighted by molar-refractivity contribution is 0.149. The maximum atomic E-state index is 8.98. The van der Waals surface area contributed by atoms with Gasteiger partial charge in [0.1, 0.15) is 0 Å². The molecule has 0 radical (unpaired) electrons. The van der Waals surface area contributed by atoms with Gasteiger partial charge in [0.25, 0.3) is 0 Å². The molecule has 1 aromatic heterocycles. The predicted octanol–water partition coefficient (Wildman–Crippen LogP) is 0.131. The summed E-state index contributed by atoms with van der Waals surface area (Å²) >= 11 is 0. The van der Waals surface area contributed by atoms with E-state index >= 15 is 0 Å². The number of hydrogen-bond donors (Lipinski definition) is 2. The smallest absolute Gasteiger partial charge is 0.0590 e. The van der Waals surface area contributed by atoms with Crippen molar-refractivity contribution in [3.63, 3.8) is 0 Å². The molecule has 2 atom stereocenters. The summed E-state index contributed by atoms with van der Waals surface area (Å²) in [6.07, 6.45) is 1.71. The van der Waals surface area contributed by atoms with Crippen LogP contribution in [0.15, 0.2) is 24.4 Å². The molecular weight excluding hydrogens is 180 g/mol. The lowest BCUT2D eigenvalue weighted by atomic mass is 9.98. The van der Waals surface area contributed by atoms with E-state index in [-0.39, 0.29) is 18.6 Å². The van der Waals surface area contributed by atoms with E-state index in [1.807, 2.05) is 18.2 Å². The summed E-state index contributed by atoms with van der Waals surface area (Å²) in [7, 11) is 1.61. The molecule has 0 unspecified atom stereocenters. The number of aromatic nitrogens is 1. The lowest BCUT2D eigenvalue weighted by Gasteiger charge is -2.20. The number of aliphatic hydroxyl groups is 1. The molecule has 4 nitrogen and oxygen atoms in total. The number of aliphatic hydroxyl groups excluding tert-OH is 1. The Balaban J connectivity index is 2.77. The van der Waals surface area contributed by atoms with Crippen molar-refractivity contribution in [2.24, 2.45) is 5.73 Å². The van der Waals surface area contributed by atoms with Crippen LogP contribution in [0.5, 0.6) is 0 Å². The topological polar surface area (TPSA) is 68.4 Å². The van der Waals surface area contributed by atoms with E-state index in [1.54, 1.807) is 13.3 Å². The average Bonchev–Trinajstić information content (AvgIpc) is 2.26. The van der Waals surface area contributed by atoms with Crippen molar-refractivity contribution in [1.29, 1.82) is 0 Å². The summed E-state index contributed by atoms with van der Waals surface area (Å²) in [6.45, 7) is 0.406. The predicted molar refractivity (Wildman–Crippen MR) is 53.9 cm³/mol. The Morgan fingerprint density at radius 3 is 2.86 bits per heavy atom. The SMILES string of the molecule is COC[C@H](c1ccccn1)[C@@H](N)CO. The quantitative estimate of drug-likeness (QED) is 0.702. The van der Waals surface area contributed by atoms with Crippen LogP contribution in [0.4, 0.5) is 0 Å². The number of nitrogens with zero attached hydrogens (tertiary/aromatic N) is 1. The van der Waals surface area contributed by atoms with E-state index in [1.165, 1.54) is 0 Å². The molecule has 0 bridgehead atoms. The summed E-state index contributed by atoms with van der Waals surface area (Å²) in [5.41, 5.74) is 6.62. The standard InChI is InChI=1S/C10H16N2O2/c1-14-7-8(9(11)6-13)10-4-2-3-5-12-10/h2-5,8-9,13H,6-7,11H2,1H3/t8-,9-/m0/s1. The molecule has 0 amide bonds. The summed E-state index contributed by atoms with van der Waals surface area (Å²) in [4.78, 5) is 4.20. The number of nitrogens with two attached hydrogens (primary N) is 1. The van der Waals surface area contributed by atoms with Crippen LogP contribution in [0.2, 0.25) is 0 Å². The van der Waals surface area contributed by atoms with Crippen LogP contribution >= 0.6 is 0 Å². The van der Waals surface area contributed by atoms with E-state index in [2.05, 4.69) is 4.98 Å². The Morgan fingerprint density at radius 2 is 2.36 bits per heavy atom. The van der Waals surface area contributed by atoms with E-state index in [4.69, 9.17) is 15.6 Å². The highest BCUT2D eigenvalue weighted by molar-refractivity contribution is 5.12. The van der Waals surface area contributed by atoms with Gasteiger partial charge < -0.3 is 15.6 Å². The lowest BCUT2D eigenvalue weighted by Crippen LogP contribution is -2.35. The van der Waals surface area contributed by atoms with Crippen molar-refractivity contribution >= 4 is 0 Å².